The Bertz CT molecular complexity index is 733. The average Bonchev–Trinajstić information content (AvgIpc) is 2.88. The molecule has 0 amide bonds. The van der Waals surface area contributed by atoms with E-state index < -0.39 is 11.9 Å². The lowest BCUT2D eigenvalue weighted by atomic mass is 9.99. The number of carboxylic acids is 2. The summed E-state index contributed by atoms with van der Waals surface area (Å²) in [4.78, 5) is 33.9. The second-order valence-electron chi connectivity index (χ2n) is 7.36. The van der Waals surface area contributed by atoms with Gasteiger partial charge in [-0.1, -0.05) is 28.1 Å². The van der Waals surface area contributed by atoms with Gasteiger partial charge in [0.15, 0.2) is 0 Å². The van der Waals surface area contributed by atoms with Gasteiger partial charge in [-0.2, -0.15) is 0 Å². The Hall–Kier alpha value is -2.19. The second kappa shape index (κ2) is 10.5. The minimum Gasteiger partial charge on any atom is -0.478 e. The number of benzene rings is 1. The summed E-state index contributed by atoms with van der Waals surface area (Å²) in [6.45, 7) is 1.93. The van der Waals surface area contributed by atoms with Crippen LogP contribution in [-0.2, 0) is 19.1 Å². The van der Waals surface area contributed by atoms with Gasteiger partial charge >= 0.3 is 17.9 Å². The van der Waals surface area contributed by atoms with Crippen LogP contribution in [0.4, 0.5) is 0 Å². The average molecular weight is 468 g/mol. The maximum Gasteiger partial charge on any atom is 0.328 e. The third-order valence-corrected chi connectivity index (χ3v) is 5.96. The number of aliphatic carboxylic acids is 2. The molecule has 1 aromatic carbocycles. The molecular weight excluding hydrogens is 442 g/mol. The minimum absolute atomic E-state index is 0.0914. The molecule has 3 unspecified atom stereocenters. The number of carbonyl (C=O) groups is 3. The number of ether oxygens (including phenoxy) is 1. The Morgan fingerprint density at radius 1 is 1.07 bits per heavy atom. The molecule has 2 fully saturated rings. The summed E-state index contributed by atoms with van der Waals surface area (Å²) in [6, 6.07) is 9.10. The van der Waals surface area contributed by atoms with Crippen molar-refractivity contribution in [1.82, 2.24) is 4.90 Å². The van der Waals surface area contributed by atoms with E-state index in [4.69, 9.17) is 14.9 Å². The van der Waals surface area contributed by atoms with Crippen molar-refractivity contribution in [2.75, 3.05) is 7.05 Å². The third kappa shape index (κ3) is 6.97. The lowest BCUT2D eigenvalue weighted by Gasteiger charge is -2.36. The molecule has 2 bridgehead atoms. The predicted molar refractivity (Wildman–Crippen MR) is 111 cm³/mol. The standard InChI is InChI=1S/C17H22BrNO2.C4H4O4/c1-11(12-3-5-13(18)6-4-12)17(20)21-16-9-14-7-8-15(10-16)19(14)2;5-3(6)1-2-4(7)8/h3-6,11,14-16H,7-10H2,1-2H3;1-2H,(H,5,6)(H,7,8)/b;2-1-. The first-order valence-corrected chi connectivity index (χ1v) is 10.3. The van der Waals surface area contributed by atoms with Gasteiger partial charge in [0.05, 0.1) is 5.92 Å². The number of carboxylic acid groups (broad SMARTS) is 2. The third-order valence-electron chi connectivity index (χ3n) is 5.43. The molecule has 2 aliphatic heterocycles. The van der Waals surface area contributed by atoms with E-state index in [1.54, 1.807) is 0 Å². The van der Waals surface area contributed by atoms with Gasteiger partial charge in [0.25, 0.3) is 0 Å². The van der Waals surface area contributed by atoms with Gasteiger partial charge in [0.1, 0.15) is 6.10 Å². The fourth-order valence-corrected chi connectivity index (χ4v) is 4.02. The van der Waals surface area contributed by atoms with Gasteiger partial charge in [-0.15, -0.1) is 0 Å². The zero-order valence-corrected chi connectivity index (χ0v) is 18.0. The van der Waals surface area contributed by atoms with E-state index in [9.17, 15) is 14.4 Å². The molecule has 2 heterocycles. The molecule has 158 valence electrons. The summed E-state index contributed by atoms with van der Waals surface area (Å²) >= 11 is 3.42. The first kappa shape index (κ1) is 23.1. The zero-order chi connectivity index (χ0) is 21.6. The number of esters is 1. The largest absolute Gasteiger partial charge is 0.478 e. The number of fused-ring (bicyclic) bond motifs is 2. The molecule has 0 spiro atoms. The van der Waals surface area contributed by atoms with Crippen molar-refractivity contribution in [3.8, 4) is 0 Å². The van der Waals surface area contributed by atoms with Crippen molar-refractivity contribution < 1.29 is 29.3 Å². The molecule has 2 saturated heterocycles. The highest BCUT2D eigenvalue weighted by atomic mass is 79.9. The van der Waals surface area contributed by atoms with Crippen molar-refractivity contribution in [2.45, 2.75) is 56.7 Å². The number of rotatable bonds is 5. The number of nitrogens with zero attached hydrogens (tertiary/aromatic N) is 1. The molecule has 2 N–H and O–H groups in total. The Kier molecular flexibility index (Phi) is 8.40. The molecule has 7 nitrogen and oxygen atoms in total. The normalized spacial score (nSPS) is 24.4. The highest BCUT2D eigenvalue weighted by Crippen LogP contribution is 2.36. The van der Waals surface area contributed by atoms with Crippen LogP contribution < -0.4 is 0 Å². The summed E-state index contributed by atoms with van der Waals surface area (Å²) in [5.41, 5.74) is 1.01. The summed E-state index contributed by atoms with van der Waals surface area (Å²) in [7, 11) is 2.20. The van der Waals surface area contributed by atoms with E-state index in [0.29, 0.717) is 24.2 Å². The zero-order valence-electron chi connectivity index (χ0n) is 16.5. The lowest BCUT2D eigenvalue weighted by Crippen LogP contribution is -2.43. The maximum atomic E-state index is 12.4. The van der Waals surface area contributed by atoms with Crippen LogP contribution in [0, 0.1) is 0 Å². The fourth-order valence-electron chi connectivity index (χ4n) is 3.75. The fraction of sp³-hybridized carbons (Fsp3) is 0.476. The molecule has 3 atom stereocenters. The van der Waals surface area contributed by atoms with Gasteiger partial charge in [0, 0.05) is 28.7 Å². The van der Waals surface area contributed by atoms with Gasteiger partial charge < -0.3 is 19.8 Å². The molecule has 8 heteroatoms. The summed E-state index contributed by atoms with van der Waals surface area (Å²) < 4.78 is 6.82. The van der Waals surface area contributed by atoms with Crippen LogP contribution in [0.5, 0.6) is 0 Å². The topological polar surface area (TPSA) is 104 Å². The SMILES string of the molecule is CC(C(=O)OC1CC2CCC(C1)N2C)c1ccc(Br)cc1.O=C(O)/C=C\C(=O)O. The number of hydrogen-bond donors (Lipinski definition) is 2. The van der Waals surface area contributed by atoms with Crippen LogP contribution in [-0.4, -0.2) is 58.3 Å². The Balaban J connectivity index is 0.000000321. The highest BCUT2D eigenvalue weighted by molar-refractivity contribution is 9.10. The van der Waals surface area contributed by atoms with E-state index in [0.717, 1.165) is 22.9 Å². The summed E-state index contributed by atoms with van der Waals surface area (Å²) in [6.07, 6.45) is 5.70. The molecule has 29 heavy (non-hydrogen) atoms. The van der Waals surface area contributed by atoms with Crippen molar-refractivity contribution in [1.29, 1.82) is 0 Å². The van der Waals surface area contributed by atoms with Crippen molar-refractivity contribution >= 4 is 33.8 Å². The van der Waals surface area contributed by atoms with Crippen LogP contribution in [0.1, 0.15) is 44.1 Å². The quantitative estimate of drug-likeness (QED) is 0.504. The number of halogens is 1. The molecular formula is C21H26BrNO6. The Morgan fingerprint density at radius 3 is 2.00 bits per heavy atom. The van der Waals surface area contributed by atoms with Crippen LogP contribution in [0.15, 0.2) is 40.9 Å². The number of hydrogen-bond acceptors (Lipinski definition) is 5. The second-order valence-corrected chi connectivity index (χ2v) is 8.28. The van der Waals surface area contributed by atoms with Crippen molar-refractivity contribution in [3.63, 3.8) is 0 Å². The van der Waals surface area contributed by atoms with E-state index in [1.165, 1.54) is 12.8 Å². The maximum absolute atomic E-state index is 12.4. The number of piperidine rings is 1. The Morgan fingerprint density at radius 2 is 1.55 bits per heavy atom. The molecule has 0 aromatic heterocycles. The Labute approximate surface area is 178 Å². The molecule has 0 radical (unpaired) electrons. The van der Waals surface area contributed by atoms with E-state index >= 15 is 0 Å². The lowest BCUT2D eigenvalue weighted by molar-refractivity contribution is -0.153. The first-order chi connectivity index (χ1) is 13.7. The molecule has 3 rings (SSSR count). The van der Waals surface area contributed by atoms with Crippen molar-refractivity contribution in [2.24, 2.45) is 0 Å². The van der Waals surface area contributed by atoms with Gasteiger partial charge in [-0.3, -0.25) is 4.79 Å². The van der Waals surface area contributed by atoms with Crippen LogP contribution in [0.25, 0.3) is 0 Å². The minimum atomic E-state index is -1.26. The van der Waals surface area contributed by atoms with E-state index in [2.05, 4.69) is 27.9 Å². The summed E-state index contributed by atoms with van der Waals surface area (Å²) in [5, 5.41) is 15.6. The van der Waals surface area contributed by atoms with E-state index in [1.807, 2.05) is 31.2 Å². The van der Waals surface area contributed by atoms with Gasteiger partial charge in [-0.05, 0) is 57.4 Å². The van der Waals surface area contributed by atoms with E-state index in [-0.39, 0.29) is 18.0 Å². The monoisotopic (exact) mass is 467 g/mol. The summed E-state index contributed by atoms with van der Waals surface area (Å²) in [5.74, 6) is -2.80. The van der Waals surface area contributed by atoms with Crippen molar-refractivity contribution in [3.05, 3.63) is 46.5 Å². The van der Waals surface area contributed by atoms with Crippen LogP contribution in [0.3, 0.4) is 0 Å². The highest BCUT2D eigenvalue weighted by Gasteiger charge is 2.40. The molecule has 2 aliphatic rings. The molecule has 0 aliphatic carbocycles. The van der Waals surface area contributed by atoms with Crippen LogP contribution in [0.2, 0.25) is 0 Å². The van der Waals surface area contributed by atoms with Crippen LogP contribution >= 0.6 is 15.9 Å². The molecule has 1 aromatic rings. The number of carbonyl (C=O) groups excluding carboxylic acids is 1. The molecule has 0 saturated carbocycles. The van der Waals surface area contributed by atoms with Gasteiger partial charge in [0.2, 0.25) is 0 Å². The smallest absolute Gasteiger partial charge is 0.328 e. The first-order valence-electron chi connectivity index (χ1n) is 9.49. The predicted octanol–water partition coefficient (Wildman–Crippen LogP) is 3.43. The van der Waals surface area contributed by atoms with Gasteiger partial charge in [-0.25, -0.2) is 9.59 Å².